The summed E-state index contributed by atoms with van der Waals surface area (Å²) in [5, 5.41) is 3.47. The van der Waals surface area contributed by atoms with Crippen LogP contribution in [0.3, 0.4) is 0 Å². The molecule has 0 aromatic rings. The summed E-state index contributed by atoms with van der Waals surface area (Å²) in [5.74, 6) is 0. The second-order valence-corrected chi connectivity index (χ2v) is 5.30. The Balaban J connectivity index is 2.64. The Morgan fingerprint density at radius 3 is 2.07 bits per heavy atom. The van der Waals surface area contributed by atoms with Crippen molar-refractivity contribution in [3.8, 4) is 0 Å². The van der Waals surface area contributed by atoms with E-state index in [0.717, 1.165) is 0 Å². The van der Waals surface area contributed by atoms with Gasteiger partial charge in [-0.3, -0.25) is 4.90 Å². The van der Waals surface area contributed by atoms with Crippen LogP contribution in [0.5, 0.6) is 0 Å². The van der Waals surface area contributed by atoms with E-state index in [1.54, 1.807) is 0 Å². The van der Waals surface area contributed by atoms with Crippen LogP contribution in [0.15, 0.2) is 0 Å². The summed E-state index contributed by atoms with van der Waals surface area (Å²) in [6.45, 7) is 9.63. The van der Waals surface area contributed by atoms with Crippen LogP contribution >= 0.6 is 0 Å². The van der Waals surface area contributed by atoms with Gasteiger partial charge in [0.25, 0.3) is 0 Å². The number of rotatable bonds is 4. The minimum absolute atomic E-state index is 0.299. The highest BCUT2D eigenvalue weighted by Gasteiger charge is 2.33. The van der Waals surface area contributed by atoms with Gasteiger partial charge in [-0.25, -0.2) is 0 Å². The molecule has 1 heterocycles. The molecule has 1 saturated heterocycles. The minimum Gasteiger partial charge on any atom is -0.315 e. The van der Waals surface area contributed by atoms with Crippen LogP contribution in [-0.4, -0.2) is 36.6 Å². The molecule has 1 unspecified atom stereocenters. The lowest BCUT2D eigenvalue weighted by atomic mass is 9.90. The summed E-state index contributed by atoms with van der Waals surface area (Å²) in [4.78, 5) is 2.69. The van der Waals surface area contributed by atoms with Crippen LogP contribution in [0, 0.1) is 0 Å². The van der Waals surface area contributed by atoms with Crippen LogP contribution in [0.1, 0.15) is 52.9 Å². The number of hydrogen-bond donors (Lipinski definition) is 1. The molecular formula is C13H28N2. The molecule has 2 heteroatoms. The topological polar surface area (TPSA) is 15.3 Å². The van der Waals surface area contributed by atoms with E-state index in [1.807, 2.05) is 0 Å². The van der Waals surface area contributed by atoms with E-state index in [2.05, 4.69) is 38.0 Å². The lowest BCUT2D eigenvalue weighted by molar-refractivity contribution is 0.0850. The first-order valence-electron chi connectivity index (χ1n) is 6.55. The first kappa shape index (κ1) is 13.0. The van der Waals surface area contributed by atoms with E-state index in [0.29, 0.717) is 11.6 Å². The fourth-order valence-electron chi connectivity index (χ4n) is 2.92. The van der Waals surface area contributed by atoms with E-state index in [1.165, 1.54) is 45.2 Å². The van der Waals surface area contributed by atoms with Crippen molar-refractivity contribution in [2.75, 3.05) is 20.1 Å². The Kier molecular flexibility index (Phi) is 5.07. The molecule has 0 aliphatic carbocycles. The Morgan fingerprint density at radius 1 is 1.13 bits per heavy atom. The zero-order valence-electron chi connectivity index (χ0n) is 11.0. The van der Waals surface area contributed by atoms with Crippen molar-refractivity contribution in [2.45, 2.75) is 64.5 Å². The molecule has 1 rings (SSSR count). The van der Waals surface area contributed by atoms with Gasteiger partial charge in [-0.1, -0.05) is 19.8 Å². The Morgan fingerprint density at radius 2 is 1.67 bits per heavy atom. The Bertz CT molecular complexity index is 165. The lowest BCUT2D eigenvalue weighted by Crippen LogP contribution is -2.57. The van der Waals surface area contributed by atoms with Gasteiger partial charge in [0.15, 0.2) is 0 Å². The summed E-state index contributed by atoms with van der Waals surface area (Å²) < 4.78 is 0. The molecule has 1 atom stereocenters. The largest absolute Gasteiger partial charge is 0.315 e. The molecule has 0 saturated carbocycles. The van der Waals surface area contributed by atoms with Gasteiger partial charge in [0.05, 0.1) is 0 Å². The van der Waals surface area contributed by atoms with E-state index >= 15 is 0 Å². The average Bonchev–Trinajstić information content (AvgIpc) is 2.47. The molecule has 0 amide bonds. The highest BCUT2D eigenvalue weighted by Crippen LogP contribution is 2.24. The number of hydrogen-bond acceptors (Lipinski definition) is 2. The maximum absolute atomic E-state index is 3.47. The van der Waals surface area contributed by atoms with Gasteiger partial charge >= 0.3 is 0 Å². The molecule has 15 heavy (non-hydrogen) atoms. The molecule has 0 bridgehead atoms. The molecule has 1 aliphatic rings. The molecule has 2 nitrogen and oxygen atoms in total. The van der Waals surface area contributed by atoms with Crippen LogP contribution in [-0.2, 0) is 0 Å². The van der Waals surface area contributed by atoms with E-state index in [4.69, 9.17) is 0 Å². The highest BCUT2D eigenvalue weighted by molar-refractivity contribution is 4.92. The van der Waals surface area contributed by atoms with Gasteiger partial charge in [-0.2, -0.15) is 0 Å². The van der Waals surface area contributed by atoms with Crippen molar-refractivity contribution < 1.29 is 0 Å². The fourth-order valence-corrected chi connectivity index (χ4v) is 2.92. The summed E-state index contributed by atoms with van der Waals surface area (Å²) in [6, 6.07) is 0.607. The first-order valence-corrected chi connectivity index (χ1v) is 6.55. The maximum Gasteiger partial charge on any atom is 0.0306 e. The molecule has 0 aromatic carbocycles. The van der Waals surface area contributed by atoms with Gasteiger partial charge in [0.1, 0.15) is 0 Å². The number of nitrogens with one attached hydrogen (secondary N) is 1. The summed E-state index contributed by atoms with van der Waals surface area (Å²) in [5.41, 5.74) is 0.299. The fraction of sp³-hybridized carbons (Fsp3) is 1.00. The quantitative estimate of drug-likeness (QED) is 0.770. The second kappa shape index (κ2) is 5.86. The molecule has 90 valence electrons. The van der Waals surface area contributed by atoms with Crippen LogP contribution in [0.25, 0.3) is 0 Å². The van der Waals surface area contributed by atoms with Gasteiger partial charge in [-0.05, 0) is 53.2 Å². The minimum atomic E-state index is 0.299. The van der Waals surface area contributed by atoms with Gasteiger partial charge < -0.3 is 5.32 Å². The normalized spacial score (nSPS) is 22.4. The zero-order valence-corrected chi connectivity index (χ0v) is 11.0. The third-order valence-corrected chi connectivity index (χ3v) is 4.03. The molecule has 0 spiro atoms. The molecule has 0 aromatic heterocycles. The van der Waals surface area contributed by atoms with Gasteiger partial charge in [0.2, 0.25) is 0 Å². The molecule has 1 fully saturated rings. The molecule has 1 aliphatic heterocycles. The predicted molar refractivity (Wildman–Crippen MR) is 67.3 cm³/mol. The van der Waals surface area contributed by atoms with Crippen molar-refractivity contribution in [3.63, 3.8) is 0 Å². The van der Waals surface area contributed by atoms with Crippen LogP contribution < -0.4 is 5.32 Å². The van der Waals surface area contributed by atoms with Crippen LogP contribution in [0.2, 0.25) is 0 Å². The predicted octanol–water partition coefficient (Wildman–Crippen LogP) is 2.64. The number of nitrogens with zero attached hydrogens (tertiary/aromatic N) is 1. The standard InChI is InChI=1S/C13H28N2/c1-5-12(14-4)13(2,3)15-10-8-6-7-9-11-15/h12,14H,5-11H2,1-4H3. The smallest absolute Gasteiger partial charge is 0.0306 e. The third kappa shape index (κ3) is 3.18. The van der Waals surface area contributed by atoms with Crippen molar-refractivity contribution >= 4 is 0 Å². The summed E-state index contributed by atoms with van der Waals surface area (Å²) in [7, 11) is 2.09. The molecular weight excluding hydrogens is 184 g/mol. The van der Waals surface area contributed by atoms with Gasteiger partial charge in [-0.15, -0.1) is 0 Å². The number of likely N-dealkylation sites (N-methyl/N-ethyl adjacent to an activating group) is 1. The van der Waals surface area contributed by atoms with Crippen LogP contribution in [0.4, 0.5) is 0 Å². The van der Waals surface area contributed by atoms with E-state index in [-0.39, 0.29) is 0 Å². The number of likely N-dealkylation sites (tertiary alicyclic amines) is 1. The summed E-state index contributed by atoms with van der Waals surface area (Å²) >= 11 is 0. The van der Waals surface area contributed by atoms with Crippen molar-refractivity contribution in [2.24, 2.45) is 0 Å². The van der Waals surface area contributed by atoms with Gasteiger partial charge in [0, 0.05) is 11.6 Å². The second-order valence-electron chi connectivity index (χ2n) is 5.30. The third-order valence-electron chi connectivity index (χ3n) is 4.03. The Hall–Kier alpha value is -0.0800. The monoisotopic (exact) mass is 212 g/mol. The first-order chi connectivity index (χ1) is 7.12. The lowest BCUT2D eigenvalue weighted by Gasteiger charge is -2.43. The van der Waals surface area contributed by atoms with E-state index < -0.39 is 0 Å². The van der Waals surface area contributed by atoms with Crippen molar-refractivity contribution in [1.29, 1.82) is 0 Å². The zero-order chi connectivity index (χ0) is 11.3. The van der Waals surface area contributed by atoms with E-state index in [9.17, 15) is 0 Å². The Labute approximate surface area is 95.4 Å². The summed E-state index contributed by atoms with van der Waals surface area (Å²) in [6.07, 6.45) is 6.80. The average molecular weight is 212 g/mol. The SMILES string of the molecule is CCC(NC)C(C)(C)N1CCCCCC1. The maximum atomic E-state index is 3.47. The van der Waals surface area contributed by atoms with Crippen molar-refractivity contribution in [3.05, 3.63) is 0 Å². The molecule has 0 radical (unpaired) electrons. The van der Waals surface area contributed by atoms with Crippen molar-refractivity contribution in [1.82, 2.24) is 10.2 Å². The highest BCUT2D eigenvalue weighted by atomic mass is 15.2. The molecule has 1 N–H and O–H groups in total.